The molecule has 0 aromatic heterocycles. The molecule has 0 aliphatic carbocycles. The summed E-state index contributed by atoms with van der Waals surface area (Å²) in [6.45, 7) is 1.50. The largest absolute Gasteiger partial charge is 0.315 e. The first-order chi connectivity index (χ1) is 8.08. The van der Waals surface area contributed by atoms with E-state index in [4.69, 9.17) is 11.6 Å². The summed E-state index contributed by atoms with van der Waals surface area (Å²) < 4.78 is 24.3. The second-order valence-electron chi connectivity index (χ2n) is 4.40. The van der Waals surface area contributed by atoms with Gasteiger partial charge in [-0.15, -0.1) is 0 Å². The first-order valence-corrected chi connectivity index (χ1v) is 7.84. The summed E-state index contributed by atoms with van der Waals surface area (Å²) in [6, 6.07) is 7.00. The number of nitrogens with one attached hydrogen (secondary N) is 1. The van der Waals surface area contributed by atoms with Gasteiger partial charge in [-0.1, -0.05) is 23.7 Å². The molecular weight excluding hydrogens is 258 g/mol. The summed E-state index contributed by atoms with van der Waals surface area (Å²) in [5.74, 6) is 0.108. The van der Waals surface area contributed by atoms with Gasteiger partial charge in [-0.2, -0.15) is 0 Å². The van der Waals surface area contributed by atoms with Gasteiger partial charge >= 0.3 is 0 Å². The Balaban J connectivity index is 2.08. The van der Waals surface area contributed by atoms with Crippen molar-refractivity contribution in [2.24, 2.45) is 0 Å². The van der Waals surface area contributed by atoms with Crippen LogP contribution in [-0.4, -0.2) is 26.8 Å². The van der Waals surface area contributed by atoms with Gasteiger partial charge in [0.05, 0.1) is 11.0 Å². The van der Waals surface area contributed by atoms with E-state index in [0.29, 0.717) is 11.6 Å². The number of sulfone groups is 1. The Kier molecular flexibility index (Phi) is 4.07. The molecule has 1 aromatic carbocycles. The standard InChI is InChI=1S/C12H16ClNO2S/c13-11-5-3-10(4-6-11)9-17(15,16)12-2-1-7-14-8-12/h3-6,12,14H,1-2,7-9H2. The van der Waals surface area contributed by atoms with E-state index in [-0.39, 0.29) is 11.0 Å². The maximum Gasteiger partial charge on any atom is 0.158 e. The smallest absolute Gasteiger partial charge is 0.158 e. The topological polar surface area (TPSA) is 46.2 Å². The third-order valence-corrected chi connectivity index (χ3v) is 5.45. The fourth-order valence-corrected chi connectivity index (χ4v) is 3.97. The van der Waals surface area contributed by atoms with E-state index < -0.39 is 9.84 Å². The minimum atomic E-state index is -3.05. The highest BCUT2D eigenvalue weighted by molar-refractivity contribution is 7.91. The molecule has 0 spiro atoms. The minimum Gasteiger partial charge on any atom is -0.315 e. The van der Waals surface area contributed by atoms with Crippen molar-refractivity contribution in [2.45, 2.75) is 23.8 Å². The lowest BCUT2D eigenvalue weighted by atomic mass is 10.2. The van der Waals surface area contributed by atoms with Crippen molar-refractivity contribution in [1.82, 2.24) is 5.32 Å². The van der Waals surface area contributed by atoms with Gasteiger partial charge in [0.25, 0.3) is 0 Å². The van der Waals surface area contributed by atoms with Crippen molar-refractivity contribution >= 4 is 21.4 Å². The summed E-state index contributed by atoms with van der Waals surface area (Å²) in [5.41, 5.74) is 0.806. The Hall–Kier alpha value is -0.580. The van der Waals surface area contributed by atoms with Crippen LogP contribution in [0.5, 0.6) is 0 Å². The summed E-state index contributed by atoms with van der Waals surface area (Å²) in [5, 5.41) is 3.52. The molecule has 0 saturated carbocycles. The summed E-state index contributed by atoms with van der Waals surface area (Å²) in [4.78, 5) is 0. The van der Waals surface area contributed by atoms with Crippen LogP contribution >= 0.6 is 11.6 Å². The molecule has 1 saturated heterocycles. The van der Waals surface area contributed by atoms with Crippen LogP contribution in [0.1, 0.15) is 18.4 Å². The van der Waals surface area contributed by atoms with E-state index in [2.05, 4.69) is 5.32 Å². The lowest BCUT2D eigenvalue weighted by Crippen LogP contribution is -2.39. The minimum absolute atomic E-state index is 0.108. The Morgan fingerprint density at radius 3 is 2.59 bits per heavy atom. The van der Waals surface area contributed by atoms with E-state index in [1.807, 2.05) is 0 Å². The van der Waals surface area contributed by atoms with Crippen molar-refractivity contribution in [3.63, 3.8) is 0 Å². The molecule has 1 unspecified atom stereocenters. The molecule has 5 heteroatoms. The average molecular weight is 274 g/mol. The predicted molar refractivity (Wildman–Crippen MR) is 70.0 cm³/mol. The normalized spacial score (nSPS) is 21.4. The van der Waals surface area contributed by atoms with Crippen LogP contribution in [0, 0.1) is 0 Å². The molecule has 1 aliphatic rings. The van der Waals surface area contributed by atoms with Gasteiger partial charge in [-0.25, -0.2) is 8.42 Å². The van der Waals surface area contributed by atoms with Crippen LogP contribution in [0.25, 0.3) is 0 Å². The van der Waals surface area contributed by atoms with Crippen molar-refractivity contribution in [2.75, 3.05) is 13.1 Å². The SMILES string of the molecule is O=S(=O)(Cc1ccc(Cl)cc1)C1CCCNC1. The quantitative estimate of drug-likeness (QED) is 0.916. The molecule has 3 nitrogen and oxygen atoms in total. The lowest BCUT2D eigenvalue weighted by Gasteiger charge is -2.22. The second kappa shape index (κ2) is 5.38. The fraction of sp³-hybridized carbons (Fsp3) is 0.500. The van der Waals surface area contributed by atoms with E-state index in [9.17, 15) is 8.42 Å². The summed E-state index contributed by atoms with van der Waals surface area (Å²) in [7, 11) is -3.05. The summed E-state index contributed by atoms with van der Waals surface area (Å²) >= 11 is 5.77. The second-order valence-corrected chi connectivity index (χ2v) is 7.12. The fourth-order valence-electron chi connectivity index (χ4n) is 2.06. The van der Waals surface area contributed by atoms with Crippen molar-refractivity contribution in [1.29, 1.82) is 0 Å². The zero-order chi connectivity index (χ0) is 12.3. The average Bonchev–Trinajstić information content (AvgIpc) is 2.33. The Labute approximate surface area is 107 Å². The molecule has 1 fully saturated rings. The first-order valence-electron chi connectivity index (χ1n) is 5.75. The molecule has 17 heavy (non-hydrogen) atoms. The molecule has 2 rings (SSSR count). The molecular formula is C12H16ClNO2S. The van der Waals surface area contributed by atoms with Gasteiger partial charge in [0.1, 0.15) is 0 Å². The van der Waals surface area contributed by atoms with E-state index in [1.54, 1.807) is 24.3 Å². The predicted octanol–water partition coefficient (Wildman–Crippen LogP) is 2.01. The number of halogens is 1. The van der Waals surface area contributed by atoms with E-state index >= 15 is 0 Å². The molecule has 1 heterocycles. The monoisotopic (exact) mass is 273 g/mol. The van der Waals surface area contributed by atoms with Crippen molar-refractivity contribution in [3.8, 4) is 0 Å². The van der Waals surface area contributed by atoms with Crippen LogP contribution in [0.2, 0.25) is 5.02 Å². The first kappa shape index (κ1) is 12.9. The number of rotatable bonds is 3. The number of piperidine rings is 1. The van der Waals surface area contributed by atoms with Crippen molar-refractivity contribution < 1.29 is 8.42 Å². The molecule has 1 aliphatic heterocycles. The molecule has 1 N–H and O–H groups in total. The number of hydrogen-bond acceptors (Lipinski definition) is 3. The molecule has 94 valence electrons. The maximum absolute atomic E-state index is 12.2. The molecule has 0 bridgehead atoms. The van der Waals surface area contributed by atoms with E-state index in [1.165, 1.54) is 0 Å². The highest BCUT2D eigenvalue weighted by atomic mass is 35.5. The molecule has 1 atom stereocenters. The van der Waals surface area contributed by atoms with Crippen LogP contribution in [0.15, 0.2) is 24.3 Å². The Bertz CT molecular complexity index is 464. The Morgan fingerprint density at radius 1 is 1.29 bits per heavy atom. The van der Waals surface area contributed by atoms with Gasteiger partial charge in [0, 0.05) is 11.6 Å². The van der Waals surface area contributed by atoms with Gasteiger partial charge in [-0.05, 0) is 37.1 Å². The third-order valence-electron chi connectivity index (χ3n) is 3.04. The maximum atomic E-state index is 12.2. The summed E-state index contributed by atoms with van der Waals surface area (Å²) in [6.07, 6.45) is 1.70. The van der Waals surface area contributed by atoms with Crippen LogP contribution in [-0.2, 0) is 15.6 Å². The highest BCUT2D eigenvalue weighted by Gasteiger charge is 2.27. The Morgan fingerprint density at radius 2 is 2.00 bits per heavy atom. The van der Waals surface area contributed by atoms with Crippen LogP contribution < -0.4 is 5.32 Å². The van der Waals surface area contributed by atoms with Gasteiger partial charge < -0.3 is 5.32 Å². The number of hydrogen-bond donors (Lipinski definition) is 1. The number of benzene rings is 1. The lowest BCUT2D eigenvalue weighted by molar-refractivity contribution is 0.496. The third kappa shape index (κ3) is 3.44. The zero-order valence-corrected chi connectivity index (χ0v) is 11.1. The van der Waals surface area contributed by atoms with Crippen LogP contribution in [0.3, 0.4) is 0 Å². The van der Waals surface area contributed by atoms with Gasteiger partial charge in [0.15, 0.2) is 9.84 Å². The zero-order valence-electron chi connectivity index (χ0n) is 9.52. The highest BCUT2D eigenvalue weighted by Crippen LogP contribution is 2.18. The van der Waals surface area contributed by atoms with E-state index in [0.717, 1.165) is 24.9 Å². The van der Waals surface area contributed by atoms with Crippen LogP contribution in [0.4, 0.5) is 0 Å². The van der Waals surface area contributed by atoms with Gasteiger partial charge in [0.2, 0.25) is 0 Å². The molecule has 0 amide bonds. The van der Waals surface area contributed by atoms with Gasteiger partial charge in [-0.3, -0.25) is 0 Å². The molecule has 0 radical (unpaired) electrons. The molecule has 1 aromatic rings. The van der Waals surface area contributed by atoms with Crippen molar-refractivity contribution in [3.05, 3.63) is 34.9 Å².